The fraction of sp³-hybridized carbons (Fsp3) is 0.0588. The van der Waals surface area contributed by atoms with Crippen LogP contribution >= 0.6 is 0 Å². The molecule has 1 aromatic carbocycles. The van der Waals surface area contributed by atoms with Crippen molar-refractivity contribution in [3.05, 3.63) is 83.5 Å². The summed E-state index contributed by atoms with van der Waals surface area (Å²) < 4.78 is 5.52. The molecule has 1 fully saturated rings. The summed E-state index contributed by atoms with van der Waals surface area (Å²) in [5.74, 6) is 1.79. The lowest BCUT2D eigenvalue weighted by Crippen LogP contribution is -2.00. The Kier molecular flexibility index (Phi) is 3.24. The third kappa shape index (κ3) is 2.62. The molecule has 0 atom stereocenters. The topological polar surface area (TPSA) is 30.2 Å². The number of fused-ring (bicyclic) bond motifs is 1. The van der Waals surface area contributed by atoms with Crippen LogP contribution in [0.3, 0.4) is 0 Å². The molecular formula is C17H13O2. The average Bonchev–Trinajstić information content (AvgIpc) is 2.89. The van der Waals surface area contributed by atoms with Crippen LogP contribution in [0.1, 0.15) is 11.3 Å². The molecule has 0 spiro atoms. The van der Waals surface area contributed by atoms with Crippen LogP contribution in [-0.4, -0.2) is 0 Å². The molecule has 1 heterocycles. The van der Waals surface area contributed by atoms with Crippen molar-refractivity contribution in [2.45, 2.75) is 6.92 Å². The summed E-state index contributed by atoms with van der Waals surface area (Å²) in [6.45, 7) is 1.78. The van der Waals surface area contributed by atoms with Gasteiger partial charge in [-0.25, -0.2) is 0 Å². The molecular weight excluding hydrogens is 236 g/mol. The monoisotopic (exact) mass is 249 g/mol. The Morgan fingerprint density at radius 2 is 1.84 bits per heavy atom. The predicted octanol–water partition coefficient (Wildman–Crippen LogP) is 3.52. The van der Waals surface area contributed by atoms with Crippen LogP contribution in [0, 0.1) is 38.5 Å². The molecule has 2 aromatic rings. The van der Waals surface area contributed by atoms with Gasteiger partial charge in [0.2, 0.25) is 0 Å². The van der Waals surface area contributed by atoms with Gasteiger partial charge in [-0.2, -0.15) is 0 Å². The smallest absolute Gasteiger partial charge is 0.192 e. The van der Waals surface area contributed by atoms with Crippen LogP contribution in [0.5, 0.6) is 0 Å². The summed E-state index contributed by atoms with van der Waals surface area (Å²) in [6, 6.07) is 7.17. The molecule has 3 rings (SSSR count). The van der Waals surface area contributed by atoms with E-state index in [1.54, 1.807) is 6.92 Å². The van der Waals surface area contributed by atoms with Gasteiger partial charge in [0.1, 0.15) is 11.3 Å². The average molecular weight is 249 g/mol. The Hall–Kier alpha value is -1.83. The Labute approximate surface area is 112 Å². The van der Waals surface area contributed by atoms with Gasteiger partial charge in [-0.1, -0.05) is 18.2 Å². The van der Waals surface area contributed by atoms with Crippen LogP contribution in [0.25, 0.3) is 17.0 Å². The molecule has 0 saturated heterocycles. The van der Waals surface area contributed by atoms with E-state index in [0.717, 1.165) is 11.5 Å². The minimum absolute atomic E-state index is 0.00214. The first-order valence-electron chi connectivity index (χ1n) is 6.17. The number of hydrogen-bond donors (Lipinski definition) is 0. The number of benzene rings is 1. The first kappa shape index (κ1) is 12.2. The molecule has 2 nitrogen and oxygen atoms in total. The van der Waals surface area contributed by atoms with Gasteiger partial charge in [0.05, 0.1) is 5.39 Å². The highest BCUT2D eigenvalue weighted by Gasteiger charge is 2.13. The second-order valence-corrected chi connectivity index (χ2v) is 4.53. The van der Waals surface area contributed by atoms with Gasteiger partial charge < -0.3 is 4.42 Å². The van der Waals surface area contributed by atoms with E-state index in [1.165, 1.54) is 6.07 Å². The van der Waals surface area contributed by atoms with E-state index >= 15 is 0 Å². The fourth-order valence-corrected chi connectivity index (χ4v) is 2.09. The molecule has 0 unspecified atom stereocenters. The van der Waals surface area contributed by atoms with E-state index < -0.39 is 0 Å². The molecule has 1 aliphatic rings. The summed E-state index contributed by atoms with van der Waals surface area (Å²) in [5, 5.41) is 0.621. The molecule has 1 saturated carbocycles. The predicted molar refractivity (Wildman–Crippen MR) is 76.7 cm³/mol. The normalized spacial score (nSPS) is 16.7. The maximum atomic E-state index is 11.9. The van der Waals surface area contributed by atoms with Crippen molar-refractivity contribution in [3.63, 3.8) is 0 Å². The summed E-state index contributed by atoms with van der Waals surface area (Å²) >= 11 is 0. The fourth-order valence-electron chi connectivity index (χ4n) is 2.09. The van der Waals surface area contributed by atoms with E-state index in [9.17, 15) is 4.79 Å². The van der Waals surface area contributed by atoms with Crippen molar-refractivity contribution >= 4 is 17.0 Å². The van der Waals surface area contributed by atoms with E-state index in [1.807, 2.05) is 56.0 Å². The van der Waals surface area contributed by atoms with Gasteiger partial charge >= 0.3 is 0 Å². The number of allylic oxidation sites excluding steroid dienone is 1. The summed E-state index contributed by atoms with van der Waals surface area (Å²) in [7, 11) is 0. The number of aryl methyl sites for hydroxylation is 1. The van der Waals surface area contributed by atoms with E-state index in [-0.39, 0.29) is 5.43 Å². The van der Waals surface area contributed by atoms with Crippen LogP contribution in [-0.2, 0) is 0 Å². The standard InChI is InChI=1S/C17H13O2/c1-12-10-16(18)15-11-14(8-9-17(15)19-12)7-6-13-4-2-3-5-13/h2-11H,1H3/b7-6+. The van der Waals surface area contributed by atoms with Gasteiger partial charge in [-0.3, -0.25) is 4.79 Å². The highest BCUT2D eigenvalue weighted by atomic mass is 16.3. The molecule has 5 radical (unpaired) electrons. The second-order valence-electron chi connectivity index (χ2n) is 4.53. The van der Waals surface area contributed by atoms with Gasteiger partial charge in [0.25, 0.3) is 0 Å². The first-order chi connectivity index (χ1) is 9.22. The van der Waals surface area contributed by atoms with E-state index in [2.05, 4.69) is 0 Å². The SMILES string of the molecule is Cc1cc(=O)c2cc(/C=C/[C]3[CH][CH][CH][CH]3)ccc2o1. The van der Waals surface area contributed by atoms with Crippen molar-refractivity contribution in [1.29, 1.82) is 0 Å². The van der Waals surface area contributed by atoms with Crippen molar-refractivity contribution in [1.82, 2.24) is 0 Å². The lowest BCUT2D eigenvalue weighted by molar-refractivity contribution is 0.565. The second kappa shape index (κ2) is 5.04. The zero-order valence-corrected chi connectivity index (χ0v) is 10.6. The van der Waals surface area contributed by atoms with Crippen LogP contribution in [0.4, 0.5) is 0 Å². The lowest BCUT2D eigenvalue weighted by Gasteiger charge is -2.01. The van der Waals surface area contributed by atoms with Gasteiger partial charge in [-0.05, 0) is 50.3 Å². The van der Waals surface area contributed by atoms with Crippen LogP contribution in [0.2, 0.25) is 0 Å². The molecule has 1 aliphatic carbocycles. The maximum Gasteiger partial charge on any atom is 0.192 e. The first-order valence-corrected chi connectivity index (χ1v) is 6.17. The lowest BCUT2D eigenvalue weighted by atomic mass is 10.1. The molecule has 0 N–H and O–H groups in total. The molecule has 0 aliphatic heterocycles. The van der Waals surface area contributed by atoms with Crippen LogP contribution < -0.4 is 5.43 Å². The van der Waals surface area contributed by atoms with E-state index in [0.29, 0.717) is 16.7 Å². The van der Waals surface area contributed by atoms with Gasteiger partial charge in [-0.15, -0.1) is 0 Å². The number of hydrogen-bond acceptors (Lipinski definition) is 2. The molecule has 93 valence electrons. The Bertz CT molecular complexity index is 673. The van der Waals surface area contributed by atoms with Gasteiger partial charge in [0.15, 0.2) is 5.43 Å². The van der Waals surface area contributed by atoms with Gasteiger partial charge in [0, 0.05) is 12.0 Å². The van der Waals surface area contributed by atoms with Crippen molar-refractivity contribution in [2.75, 3.05) is 0 Å². The molecule has 1 aromatic heterocycles. The zero-order chi connectivity index (χ0) is 13.2. The van der Waals surface area contributed by atoms with E-state index in [4.69, 9.17) is 4.42 Å². The number of rotatable bonds is 2. The summed E-state index contributed by atoms with van der Waals surface area (Å²) in [6.07, 6.45) is 12.1. The minimum Gasteiger partial charge on any atom is -0.461 e. The van der Waals surface area contributed by atoms with Crippen LogP contribution in [0.15, 0.2) is 39.6 Å². The Morgan fingerprint density at radius 3 is 2.63 bits per heavy atom. The highest BCUT2D eigenvalue weighted by Crippen LogP contribution is 2.25. The molecule has 2 heteroatoms. The maximum absolute atomic E-state index is 11.9. The molecule has 0 amide bonds. The summed E-state index contributed by atoms with van der Waals surface area (Å²) in [4.78, 5) is 11.9. The van der Waals surface area contributed by atoms with Crippen molar-refractivity contribution in [2.24, 2.45) is 0 Å². The third-order valence-corrected chi connectivity index (χ3v) is 3.03. The quantitative estimate of drug-likeness (QED) is 0.815. The minimum atomic E-state index is 0.00214. The highest BCUT2D eigenvalue weighted by molar-refractivity contribution is 5.79. The zero-order valence-electron chi connectivity index (χ0n) is 10.6. The van der Waals surface area contributed by atoms with Crippen molar-refractivity contribution in [3.8, 4) is 0 Å². The Balaban J connectivity index is 1.95. The molecule has 19 heavy (non-hydrogen) atoms. The summed E-state index contributed by atoms with van der Waals surface area (Å²) in [5.41, 5.74) is 1.63. The third-order valence-electron chi connectivity index (χ3n) is 3.03. The Morgan fingerprint density at radius 1 is 1.05 bits per heavy atom. The largest absolute Gasteiger partial charge is 0.461 e. The van der Waals surface area contributed by atoms with Crippen molar-refractivity contribution < 1.29 is 4.42 Å². The molecule has 0 bridgehead atoms.